The summed E-state index contributed by atoms with van der Waals surface area (Å²) in [7, 11) is 0. The van der Waals surface area contributed by atoms with Gasteiger partial charge >= 0.3 is 0 Å². The van der Waals surface area contributed by atoms with Gasteiger partial charge in [0.1, 0.15) is 0 Å². The molecule has 17 heavy (non-hydrogen) atoms. The molecule has 2 heteroatoms. The first-order chi connectivity index (χ1) is 8.16. The minimum absolute atomic E-state index is 0.721. The average molecular weight is 230 g/mol. The van der Waals surface area contributed by atoms with Crippen LogP contribution in [0.15, 0.2) is 30.5 Å². The molecule has 2 aromatic rings. The van der Waals surface area contributed by atoms with E-state index in [4.69, 9.17) is 0 Å². The van der Waals surface area contributed by atoms with Crippen LogP contribution in [0, 0.1) is 12.8 Å². The first-order valence-corrected chi connectivity index (χ1v) is 6.43. The third-order valence-electron chi connectivity index (χ3n) is 3.01. The van der Waals surface area contributed by atoms with Gasteiger partial charge in [0.05, 0.1) is 0 Å². The molecule has 0 fully saturated rings. The van der Waals surface area contributed by atoms with Gasteiger partial charge in [-0.25, -0.2) is 0 Å². The maximum absolute atomic E-state index is 3.48. The van der Waals surface area contributed by atoms with Crippen LogP contribution in [0.5, 0.6) is 0 Å². The molecule has 2 nitrogen and oxygen atoms in total. The molecule has 0 atom stereocenters. The van der Waals surface area contributed by atoms with Crippen molar-refractivity contribution in [3.05, 3.63) is 36.0 Å². The Hall–Kier alpha value is -1.28. The molecule has 2 rings (SSSR count). The van der Waals surface area contributed by atoms with Crippen LogP contribution in [0.1, 0.15) is 19.4 Å². The van der Waals surface area contributed by atoms with Crippen LogP contribution in [-0.4, -0.2) is 17.7 Å². The van der Waals surface area contributed by atoms with Crippen molar-refractivity contribution < 1.29 is 0 Å². The zero-order valence-corrected chi connectivity index (χ0v) is 11.0. The summed E-state index contributed by atoms with van der Waals surface area (Å²) in [6, 6.07) is 8.82. The van der Waals surface area contributed by atoms with E-state index < -0.39 is 0 Å². The van der Waals surface area contributed by atoms with E-state index >= 15 is 0 Å². The number of aromatic nitrogens is 1. The lowest BCUT2D eigenvalue weighted by Gasteiger charge is -2.09. The quantitative estimate of drug-likeness (QED) is 0.781. The van der Waals surface area contributed by atoms with Crippen LogP contribution >= 0.6 is 0 Å². The third-order valence-corrected chi connectivity index (χ3v) is 3.01. The highest BCUT2D eigenvalue weighted by Gasteiger charge is 2.00. The van der Waals surface area contributed by atoms with E-state index in [1.54, 1.807) is 0 Å². The van der Waals surface area contributed by atoms with E-state index in [0.717, 1.165) is 25.6 Å². The monoisotopic (exact) mass is 230 g/mol. The molecule has 0 saturated heterocycles. The van der Waals surface area contributed by atoms with Crippen molar-refractivity contribution in [2.45, 2.75) is 27.3 Å². The van der Waals surface area contributed by atoms with Crippen LogP contribution in [0.4, 0.5) is 0 Å². The second-order valence-electron chi connectivity index (χ2n) is 5.17. The van der Waals surface area contributed by atoms with Gasteiger partial charge in [-0.2, -0.15) is 0 Å². The Labute approximate surface area is 104 Å². The van der Waals surface area contributed by atoms with Crippen LogP contribution in [0.3, 0.4) is 0 Å². The average Bonchev–Trinajstić information content (AvgIpc) is 2.67. The van der Waals surface area contributed by atoms with Gasteiger partial charge in [0, 0.05) is 24.8 Å². The Morgan fingerprint density at radius 3 is 2.82 bits per heavy atom. The van der Waals surface area contributed by atoms with Gasteiger partial charge in [-0.05, 0) is 42.5 Å². The molecule has 0 aliphatic rings. The number of nitrogens with one attached hydrogen (secondary N) is 1. The van der Waals surface area contributed by atoms with Gasteiger partial charge in [0.2, 0.25) is 0 Å². The SMILES string of the molecule is Cc1ccc2ccn(CCNCC(C)C)c2c1. The second kappa shape index (κ2) is 5.37. The highest BCUT2D eigenvalue weighted by Crippen LogP contribution is 2.16. The Kier molecular flexibility index (Phi) is 3.85. The number of nitrogens with zero attached hydrogens (tertiary/aromatic N) is 1. The van der Waals surface area contributed by atoms with Crippen molar-refractivity contribution in [1.82, 2.24) is 9.88 Å². The normalized spacial score (nSPS) is 11.5. The van der Waals surface area contributed by atoms with Crippen LogP contribution in [0.25, 0.3) is 10.9 Å². The Balaban J connectivity index is 2.01. The summed E-state index contributed by atoms with van der Waals surface area (Å²) in [6.45, 7) is 9.80. The Morgan fingerprint density at radius 1 is 1.24 bits per heavy atom. The standard InChI is InChI=1S/C15H22N2/c1-12(2)11-16-7-9-17-8-6-14-5-4-13(3)10-15(14)17/h4-6,8,10,12,16H,7,9,11H2,1-3H3. The van der Waals surface area contributed by atoms with Crippen molar-refractivity contribution in [2.75, 3.05) is 13.1 Å². The predicted molar refractivity (Wildman–Crippen MR) is 74.4 cm³/mol. The second-order valence-corrected chi connectivity index (χ2v) is 5.17. The van der Waals surface area contributed by atoms with E-state index in [1.807, 2.05) is 0 Å². The van der Waals surface area contributed by atoms with Gasteiger partial charge in [-0.3, -0.25) is 0 Å². The minimum atomic E-state index is 0.721. The minimum Gasteiger partial charge on any atom is -0.346 e. The number of benzene rings is 1. The number of fused-ring (bicyclic) bond motifs is 1. The largest absolute Gasteiger partial charge is 0.346 e. The summed E-state index contributed by atoms with van der Waals surface area (Å²) in [5.74, 6) is 0.721. The highest BCUT2D eigenvalue weighted by atomic mass is 15.0. The van der Waals surface area contributed by atoms with Gasteiger partial charge < -0.3 is 9.88 Å². The highest BCUT2D eigenvalue weighted by molar-refractivity contribution is 5.80. The fourth-order valence-corrected chi connectivity index (χ4v) is 2.08. The molecule has 92 valence electrons. The molecule has 0 unspecified atom stereocenters. The van der Waals surface area contributed by atoms with Crippen molar-refractivity contribution in [2.24, 2.45) is 5.92 Å². The van der Waals surface area contributed by atoms with Crippen LogP contribution < -0.4 is 5.32 Å². The molecule has 0 radical (unpaired) electrons. The summed E-state index contributed by atoms with van der Waals surface area (Å²) in [4.78, 5) is 0. The van der Waals surface area contributed by atoms with Crippen molar-refractivity contribution >= 4 is 10.9 Å². The Morgan fingerprint density at radius 2 is 2.06 bits per heavy atom. The van der Waals surface area contributed by atoms with Gasteiger partial charge in [-0.15, -0.1) is 0 Å². The van der Waals surface area contributed by atoms with Crippen LogP contribution in [0.2, 0.25) is 0 Å². The fourth-order valence-electron chi connectivity index (χ4n) is 2.08. The Bertz CT molecular complexity index is 483. The van der Waals surface area contributed by atoms with Crippen LogP contribution in [-0.2, 0) is 6.54 Å². The summed E-state index contributed by atoms with van der Waals surface area (Å²) in [5.41, 5.74) is 2.67. The summed E-state index contributed by atoms with van der Waals surface area (Å²) in [6.07, 6.45) is 2.18. The van der Waals surface area contributed by atoms with Gasteiger partial charge in [0.15, 0.2) is 0 Å². The van der Waals surface area contributed by atoms with E-state index in [9.17, 15) is 0 Å². The maximum Gasteiger partial charge on any atom is 0.0483 e. The molecular weight excluding hydrogens is 208 g/mol. The zero-order valence-electron chi connectivity index (χ0n) is 11.0. The molecular formula is C15H22N2. The molecule has 0 aliphatic heterocycles. The molecule has 1 aromatic carbocycles. The van der Waals surface area contributed by atoms with E-state index in [1.165, 1.54) is 16.5 Å². The molecule has 1 N–H and O–H groups in total. The molecule has 1 heterocycles. The third kappa shape index (κ3) is 3.10. The molecule has 0 saturated carbocycles. The first-order valence-electron chi connectivity index (χ1n) is 6.43. The number of aryl methyl sites for hydroxylation is 1. The summed E-state index contributed by atoms with van der Waals surface area (Å²) in [5, 5.41) is 4.81. The van der Waals surface area contributed by atoms with E-state index in [-0.39, 0.29) is 0 Å². The lowest BCUT2D eigenvalue weighted by atomic mass is 10.2. The zero-order chi connectivity index (χ0) is 12.3. The van der Waals surface area contributed by atoms with Crippen molar-refractivity contribution in [3.63, 3.8) is 0 Å². The first kappa shape index (κ1) is 12.2. The molecule has 0 bridgehead atoms. The molecule has 0 aliphatic carbocycles. The number of hydrogen-bond acceptors (Lipinski definition) is 1. The molecule has 0 amide bonds. The van der Waals surface area contributed by atoms with E-state index in [2.05, 4.69) is 61.1 Å². The predicted octanol–water partition coefficient (Wildman–Crippen LogP) is 3.20. The van der Waals surface area contributed by atoms with E-state index in [0.29, 0.717) is 0 Å². The number of hydrogen-bond donors (Lipinski definition) is 1. The number of rotatable bonds is 5. The maximum atomic E-state index is 3.48. The smallest absolute Gasteiger partial charge is 0.0483 e. The fraction of sp³-hybridized carbons (Fsp3) is 0.467. The van der Waals surface area contributed by atoms with Gasteiger partial charge in [0.25, 0.3) is 0 Å². The van der Waals surface area contributed by atoms with Crippen molar-refractivity contribution in [1.29, 1.82) is 0 Å². The molecule has 1 aromatic heterocycles. The molecule has 0 spiro atoms. The van der Waals surface area contributed by atoms with Crippen molar-refractivity contribution in [3.8, 4) is 0 Å². The summed E-state index contributed by atoms with van der Waals surface area (Å²) < 4.78 is 2.33. The lowest BCUT2D eigenvalue weighted by molar-refractivity contribution is 0.529. The summed E-state index contributed by atoms with van der Waals surface area (Å²) >= 11 is 0. The topological polar surface area (TPSA) is 17.0 Å². The van der Waals surface area contributed by atoms with Gasteiger partial charge in [-0.1, -0.05) is 26.0 Å². The lowest BCUT2D eigenvalue weighted by Crippen LogP contribution is -2.23.